The molecule has 0 saturated carbocycles. The van der Waals surface area contributed by atoms with E-state index in [4.69, 9.17) is 0 Å². The van der Waals surface area contributed by atoms with Crippen molar-refractivity contribution >= 4 is 24.7 Å². The highest BCUT2D eigenvalue weighted by atomic mass is 127. The highest BCUT2D eigenvalue weighted by Crippen LogP contribution is 2.25. The van der Waals surface area contributed by atoms with Crippen LogP contribution >= 0.6 is 20.7 Å². The van der Waals surface area contributed by atoms with Crippen molar-refractivity contribution in [1.82, 2.24) is 0 Å². The van der Waals surface area contributed by atoms with E-state index in [1.165, 1.54) is 0 Å². The van der Waals surface area contributed by atoms with Crippen molar-refractivity contribution in [3.8, 4) is 0 Å². The van der Waals surface area contributed by atoms with Crippen LogP contribution in [-0.4, -0.2) is 4.01 Å². The quantitative estimate of drug-likeness (QED) is 0.544. The Bertz CT molecular complexity index is 223. The molecule has 0 saturated heterocycles. The van der Waals surface area contributed by atoms with E-state index < -0.39 is 0 Å². The number of halogens is 1. The fraction of sp³-hybridized carbons (Fsp3) is 0.364. The monoisotopic (exact) mass is 274 g/mol. The standard InChI is InChI=1S/C11H15I/c1-3-5-10-7-8-12-9-11(10)6-4-2/h3-4,6-11H,1,5H2,2H3/b6-4-/t10?,11-/m0/s1. The van der Waals surface area contributed by atoms with Crippen LogP contribution in [0.25, 0.3) is 0 Å². The molecule has 0 amide bonds. The van der Waals surface area contributed by atoms with Gasteiger partial charge in [-0.2, -0.15) is 0 Å². The lowest BCUT2D eigenvalue weighted by Gasteiger charge is -2.18. The van der Waals surface area contributed by atoms with E-state index in [1.54, 1.807) is 0 Å². The van der Waals surface area contributed by atoms with E-state index in [0.717, 1.165) is 6.42 Å². The normalized spacial score (nSPS) is 28.8. The topological polar surface area (TPSA) is 0 Å². The van der Waals surface area contributed by atoms with E-state index in [2.05, 4.69) is 39.8 Å². The van der Waals surface area contributed by atoms with Gasteiger partial charge in [0.15, 0.2) is 0 Å². The fourth-order valence-electron chi connectivity index (χ4n) is 1.32. The molecule has 12 heavy (non-hydrogen) atoms. The predicted octanol–water partition coefficient (Wildman–Crippen LogP) is 3.67. The highest BCUT2D eigenvalue weighted by molar-refractivity contribution is 14.2. The lowest BCUT2D eigenvalue weighted by molar-refractivity contribution is 0.603. The zero-order valence-corrected chi connectivity index (χ0v) is 9.57. The van der Waals surface area contributed by atoms with Crippen LogP contribution in [0.4, 0.5) is 0 Å². The molecule has 1 heteroatoms. The van der Waals surface area contributed by atoms with Crippen LogP contribution in [-0.2, 0) is 0 Å². The van der Waals surface area contributed by atoms with E-state index >= 15 is 0 Å². The molecule has 1 aliphatic rings. The molecule has 0 bridgehead atoms. The SMILES string of the molecule is C=CCC1C=CI=C[C@@H]1/C=C\C. The molecule has 0 nitrogen and oxygen atoms in total. The third-order valence-corrected chi connectivity index (χ3v) is 4.03. The molecule has 0 aromatic carbocycles. The lowest BCUT2D eigenvalue weighted by atomic mass is 9.91. The Hall–Kier alpha value is -0.180. The molecular formula is C11H15I. The Morgan fingerprint density at radius 3 is 3.08 bits per heavy atom. The van der Waals surface area contributed by atoms with E-state index in [-0.39, 0.29) is 20.7 Å². The third-order valence-electron chi connectivity index (χ3n) is 1.96. The largest absolute Gasteiger partial charge is 0.103 e. The maximum Gasteiger partial charge on any atom is 0.00693 e. The average molecular weight is 274 g/mol. The lowest BCUT2D eigenvalue weighted by Crippen LogP contribution is -2.11. The predicted molar refractivity (Wildman–Crippen MR) is 65.8 cm³/mol. The van der Waals surface area contributed by atoms with Crippen LogP contribution in [0.15, 0.2) is 35.0 Å². The second kappa shape index (κ2) is 5.46. The summed E-state index contributed by atoms with van der Waals surface area (Å²) in [5.41, 5.74) is 0. The van der Waals surface area contributed by atoms with Gasteiger partial charge in [-0.25, -0.2) is 0 Å². The first-order valence-electron chi connectivity index (χ1n) is 4.24. The van der Waals surface area contributed by atoms with Crippen LogP contribution in [0.1, 0.15) is 13.3 Å². The summed E-state index contributed by atoms with van der Waals surface area (Å²) in [7, 11) is 0. The smallest absolute Gasteiger partial charge is 0.00693 e. The van der Waals surface area contributed by atoms with Gasteiger partial charge in [-0.1, -0.05) is 45.0 Å². The van der Waals surface area contributed by atoms with Crippen LogP contribution in [0.2, 0.25) is 0 Å². The summed E-state index contributed by atoms with van der Waals surface area (Å²) in [5, 5.41) is 0. The Kier molecular flexibility index (Phi) is 4.51. The molecule has 2 atom stereocenters. The van der Waals surface area contributed by atoms with Gasteiger partial charge in [-0.3, -0.25) is 0 Å². The molecule has 1 unspecified atom stereocenters. The maximum absolute atomic E-state index is 3.79. The molecule has 0 aromatic heterocycles. The summed E-state index contributed by atoms with van der Waals surface area (Å²) < 4.78 is 4.83. The summed E-state index contributed by atoms with van der Waals surface area (Å²) in [6.07, 6.45) is 9.94. The second-order valence-electron chi connectivity index (χ2n) is 2.86. The average Bonchev–Trinajstić information content (AvgIpc) is 2.09. The van der Waals surface area contributed by atoms with Crippen molar-refractivity contribution in [2.75, 3.05) is 0 Å². The van der Waals surface area contributed by atoms with Crippen molar-refractivity contribution in [3.63, 3.8) is 0 Å². The van der Waals surface area contributed by atoms with Crippen LogP contribution in [0.3, 0.4) is 0 Å². The Morgan fingerprint density at radius 2 is 2.42 bits per heavy atom. The zero-order chi connectivity index (χ0) is 8.81. The summed E-state index contributed by atoms with van der Waals surface area (Å²) in [4.78, 5) is 0. The number of hydrogen-bond donors (Lipinski definition) is 0. The van der Waals surface area contributed by atoms with Gasteiger partial charge in [0.1, 0.15) is 0 Å². The molecule has 0 aromatic rings. The molecule has 1 heterocycles. The molecule has 0 spiro atoms. The van der Waals surface area contributed by atoms with E-state index in [9.17, 15) is 0 Å². The summed E-state index contributed by atoms with van der Waals surface area (Å²) in [6.45, 7) is 5.88. The molecule has 0 radical (unpaired) electrons. The van der Waals surface area contributed by atoms with Gasteiger partial charge in [0.2, 0.25) is 0 Å². The van der Waals surface area contributed by atoms with Crippen molar-refractivity contribution in [3.05, 3.63) is 35.0 Å². The molecular weight excluding hydrogens is 259 g/mol. The number of rotatable bonds is 3. The van der Waals surface area contributed by atoms with Crippen molar-refractivity contribution < 1.29 is 0 Å². The third kappa shape index (κ3) is 2.70. The van der Waals surface area contributed by atoms with Gasteiger partial charge in [-0.15, -0.1) is 6.58 Å². The van der Waals surface area contributed by atoms with Gasteiger partial charge < -0.3 is 0 Å². The van der Waals surface area contributed by atoms with Crippen LogP contribution in [0.5, 0.6) is 0 Å². The zero-order valence-electron chi connectivity index (χ0n) is 7.41. The first kappa shape index (κ1) is 9.90. The summed E-state index contributed by atoms with van der Waals surface area (Å²) in [5.74, 6) is 1.35. The van der Waals surface area contributed by atoms with Gasteiger partial charge in [-0.05, 0) is 27.4 Å². The molecule has 0 fully saturated rings. The Balaban J connectivity index is 2.63. The Morgan fingerprint density at radius 1 is 1.58 bits per heavy atom. The van der Waals surface area contributed by atoms with Crippen LogP contribution in [0, 0.1) is 11.8 Å². The van der Waals surface area contributed by atoms with Gasteiger partial charge in [0, 0.05) is 5.92 Å². The van der Waals surface area contributed by atoms with Crippen molar-refractivity contribution in [2.45, 2.75) is 13.3 Å². The minimum absolute atomic E-state index is 0.232. The molecule has 66 valence electrons. The maximum atomic E-state index is 3.79. The first-order valence-corrected chi connectivity index (χ1v) is 6.73. The van der Waals surface area contributed by atoms with Crippen LogP contribution < -0.4 is 0 Å². The van der Waals surface area contributed by atoms with Gasteiger partial charge in [0.05, 0.1) is 0 Å². The molecule has 0 N–H and O–H groups in total. The minimum atomic E-state index is 0.232. The molecule has 1 aliphatic heterocycles. The molecule has 0 aliphatic carbocycles. The summed E-state index contributed by atoms with van der Waals surface area (Å²) in [6, 6.07) is 0. The van der Waals surface area contributed by atoms with Gasteiger partial charge in [0.25, 0.3) is 0 Å². The Labute approximate surface area is 84.8 Å². The second-order valence-corrected chi connectivity index (χ2v) is 5.02. The number of allylic oxidation sites excluding steroid dienone is 4. The summed E-state index contributed by atoms with van der Waals surface area (Å²) >= 11 is 0.232. The molecule has 1 rings (SSSR count). The van der Waals surface area contributed by atoms with E-state index in [0.29, 0.717) is 11.8 Å². The minimum Gasteiger partial charge on any atom is -0.103 e. The number of hydrogen-bond acceptors (Lipinski definition) is 0. The van der Waals surface area contributed by atoms with Crippen molar-refractivity contribution in [2.24, 2.45) is 11.8 Å². The van der Waals surface area contributed by atoms with E-state index in [1.807, 2.05) is 6.08 Å². The highest BCUT2D eigenvalue weighted by Gasteiger charge is 2.13. The van der Waals surface area contributed by atoms with Gasteiger partial charge >= 0.3 is 0 Å². The fourth-order valence-corrected chi connectivity index (χ4v) is 3.58. The van der Waals surface area contributed by atoms with Crippen molar-refractivity contribution in [1.29, 1.82) is 0 Å². The first-order chi connectivity index (χ1) is 5.88.